The number of aryl methyl sites for hydroxylation is 1. The van der Waals surface area contributed by atoms with E-state index in [-0.39, 0.29) is 0 Å². The van der Waals surface area contributed by atoms with Crippen LogP contribution in [0.2, 0.25) is 0 Å². The molecule has 2 atom stereocenters. The minimum Gasteiger partial charge on any atom is -0.384 e. The third-order valence-corrected chi connectivity index (χ3v) is 8.94. The molecule has 5 aliphatic rings. The van der Waals surface area contributed by atoms with Gasteiger partial charge in [0.05, 0.1) is 6.04 Å². The number of fused-ring (bicyclic) bond motifs is 6. The average molecular weight is 428 g/mol. The molecule has 0 radical (unpaired) electrons. The predicted molar refractivity (Wildman–Crippen MR) is 128 cm³/mol. The lowest BCUT2D eigenvalue weighted by molar-refractivity contribution is -0.117. The second-order valence-electron chi connectivity index (χ2n) is 10.6. The van der Waals surface area contributed by atoms with Crippen molar-refractivity contribution >= 4 is 10.9 Å². The SMILES string of the molecule is O[C@@]1(c2ccc3c(c2)c2c4n3CCN(Cc3ccccc3)[C@@H]4CCC2)CN2CCC1CC2. The maximum atomic E-state index is 11.8. The van der Waals surface area contributed by atoms with Crippen molar-refractivity contribution < 1.29 is 5.11 Å². The van der Waals surface area contributed by atoms with Gasteiger partial charge in [-0.15, -0.1) is 0 Å². The van der Waals surface area contributed by atoms with E-state index in [1.54, 1.807) is 11.3 Å². The Labute approximate surface area is 190 Å². The van der Waals surface area contributed by atoms with Gasteiger partial charge in [-0.25, -0.2) is 0 Å². The van der Waals surface area contributed by atoms with Crippen molar-refractivity contribution in [2.24, 2.45) is 5.92 Å². The highest BCUT2D eigenvalue weighted by Gasteiger charge is 2.47. The van der Waals surface area contributed by atoms with E-state index in [4.69, 9.17) is 0 Å². The van der Waals surface area contributed by atoms with Crippen molar-refractivity contribution in [2.75, 3.05) is 26.2 Å². The molecule has 3 aromatic rings. The van der Waals surface area contributed by atoms with Crippen molar-refractivity contribution in [2.45, 2.75) is 56.8 Å². The van der Waals surface area contributed by atoms with Gasteiger partial charge in [0.25, 0.3) is 0 Å². The molecule has 0 spiro atoms. The summed E-state index contributed by atoms with van der Waals surface area (Å²) in [4.78, 5) is 5.16. The Morgan fingerprint density at radius 1 is 0.938 bits per heavy atom. The van der Waals surface area contributed by atoms with Crippen LogP contribution in [0.1, 0.15) is 54.1 Å². The zero-order valence-corrected chi connectivity index (χ0v) is 18.8. The first-order chi connectivity index (χ1) is 15.7. The second kappa shape index (κ2) is 7.18. The summed E-state index contributed by atoms with van der Waals surface area (Å²) in [5.74, 6) is 0.410. The summed E-state index contributed by atoms with van der Waals surface area (Å²) in [5, 5.41) is 13.2. The molecule has 2 aromatic carbocycles. The highest BCUT2D eigenvalue weighted by Crippen LogP contribution is 2.46. The Morgan fingerprint density at radius 2 is 1.78 bits per heavy atom. The molecular formula is C28H33N3O. The van der Waals surface area contributed by atoms with E-state index in [1.165, 1.54) is 35.7 Å². The molecule has 0 amide bonds. The van der Waals surface area contributed by atoms with E-state index >= 15 is 0 Å². The molecule has 5 heterocycles. The van der Waals surface area contributed by atoms with Gasteiger partial charge in [0.1, 0.15) is 5.60 Å². The molecule has 1 aliphatic carbocycles. The molecule has 4 heteroatoms. The molecule has 4 aliphatic heterocycles. The quantitative estimate of drug-likeness (QED) is 0.670. The summed E-state index contributed by atoms with van der Waals surface area (Å²) in [6.45, 7) is 6.32. The van der Waals surface area contributed by atoms with Gasteiger partial charge in [-0.05, 0) is 79.9 Å². The van der Waals surface area contributed by atoms with Crippen LogP contribution in [0.25, 0.3) is 10.9 Å². The van der Waals surface area contributed by atoms with Gasteiger partial charge in [-0.1, -0.05) is 36.4 Å². The molecule has 8 rings (SSSR count). The number of aromatic nitrogens is 1. The van der Waals surface area contributed by atoms with Crippen molar-refractivity contribution in [3.63, 3.8) is 0 Å². The van der Waals surface area contributed by atoms with Crippen molar-refractivity contribution in [3.8, 4) is 0 Å². The Morgan fingerprint density at radius 3 is 2.56 bits per heavy atom. The zero-order valence-electron chi connectivity index (χ0n) is 18.8. The number of rotatable bonds is 3. The maximum absolute atomic E-state index is 11.8. The van der Waals surface area contributed by atoms with Crippen LogP contribution in [0.5, 0.6) is 0 Å². The number of benzene rings is 2. The first-order valence-corrected chi connectivity index (χ1v) is 12.6. The van der Waals surface area contributed by atoms with Gasteiger partial charge >= 0.3 is 0 Å². The number of nitrogens with zero attached hydrogens (tertiary/aromatic N) is 3. The molecule has 1 aromatic heterocycles. The van der Waals surface area contributed by atoms with Crippen molar-refractivity contribution in [1.29, 1.82) is 0 Å². The van der Waals surface area contributed by atoms with Gasteiger partial charge in [0.15, 0.2) is 0 Å². The number of aliphatic hydroxyl groups is 1. The van der Waals surface area contributed by atoms with Crippen molar-refractivity contribution in [1.82, 2.24) is 14.4 Å². The maximum Gasteiger partial charge on any atom is 0.105 e. The summed E-state index contributed by atoms with van der Waals surface area (Å²) in [6, 6.07) is 18.4. The normalized spacial score (nSPS) is 31.7. The molecule has 2 bridgehead atoms. The number of piperidine rings is 3. The molecule has 1 N–H and O–H groups in total. The first kappa shape index (κ1) is 19.3. The van der Waals surface area contributed by atoms with Gasteiger partial charge < -0.3 is 14.6 Å². The van der Waals surface area contributed by atoms with Crippen LogP contribution in [-0.2, 0) is 25.1 Å². The monoisotopic (exact) mass is 427 g/mol. The van der Waals surface area contributed by atoms with Crippen LogP contribution in [0.15, 0.2) is 48.5 Å². The molecule has 4 nitrogen and oxygen atoms in total. The standard InChI is InChI=1S/C28H33N3O/c32-28(19-29-13-11-21(28)12-14-29)22-9-10-25-24(17-22)23-7-4-8-26-27(23)31(25)16-15-30(26)18-20-5-2-1-3-6-20/h1-3,5-6,9-10,17,21,26,32H,4,7-8,11-16,18-19H2/t26-,28+/m1/s1. The highest BCUT2D eigenvalue weighted by atomic mass is 16.3. The molecule has 3 fully saturated rings. The molecule has 32 heavy (non-hydrogen) atoms. The van der Waals surface area contributed by atoms with Gasteiger partial charge in [-0.3, -0.25) is 4.90 Å². The molecule has 3 saturated heterocycles. The smallest absolute Gasteiger partial charge is 0.105 e. The summed E-state index contributed by atoms with van der Waals surface area (Å²) < 4.78 is 2.61. The van der Waals surface area contributed by atoms with E-state index in [1.807, 2.05) is 0 Å². The van der Waals surface area contributed by atoms with E-state index < -0.39 is 5.60 Å². The molecule has 0 saturated carbocycles. The Hall–Kier alpha value is -2.14. The fourth-order valence-corrected chi connectivity index (χ4v) is 7.32. The third-order valence-electron chi connectivity index (χ3n) is 8.94. The summed E-state index contributed by atoms with van der Waals surface area (Å²) >= 11 is 0. The molecular weight excluding hydrogens is 394 g/mol. The van der Waals surface area contributed by atoms with Crippen LogP contribution in [0.3, 0.4) is 0 Å². The summed E-state index contributed by atoms with van der Waals surface area (Å²) in [7, 11) is 0. The van der Waals surface area contributed by atoms with E-state index in [0.29, 0.717) is 12.0 Å². The average Bonchev–Trinajstić information content (AvgIpc) is 3.17. The minimum absolute atomic E-state index is 0.410. The number of hydrogen-bond acceptors (Lipinski definition) is 3. The fourth-order valence-electron chi connectivity index (χ4n) is 7.32. The lowest BCUT2D eigenvalue weighted by atomic mass is 9.71. The topological polar surface area (TPSA) is 31.6 Å². The van der Waals surface area contributed by atoms with Crippen LogP contribution >= 0.6 is 0 Å². The molecule has 0 unspecified atom stereocenters. The van der Waals surface area contributed by atoms with Crippen molar-refractivity contribution in [3.05, 3.63) is 70.9 Å². The minimum atomic E-state index is -0.673. The third kappa shape index (κ3) is 2.79. The van der Waals surface area contributed by atoms with Crippen LogP contribution in [-0.4, -0.2) is 45.7 Å². The molecule has 166 valence electrons. The zero-order chi connectivity index (χ0) is 21.3. The predicted octanol–water partition coefficient (Wildman–Crippen LogP) is 4.45. The Balaban J connectivity index is 1.29. The Bertz CT molecular complexity index is 1160. The van der Waals surface area contributed by atoms with Crippen LogP contribution < -0.4 is 0 Å². The first-order valence-electron chi connectivity index (χ1n) is 12.6. The summed E-state index contributed by atoms with van der Waals surface area (Å²) in [6.07, 6.45) is 5.94. The second-order valence-corrected chi connectivity index (χ2v) is 10.6. The fraction of sp³-hybridized carbons (Fsp3) is 0.500. The van der Waals surface area contributed by atoms with Gasteiger partial charge in [-0.2, -0.15) is 0 Å². The van der Waals surface area contributed by atoms with E-state index in [9.17, 15) is 5.11 Å². The largest absolute Gasteiger partial charge is 0.384 e. The van der Waals surface area contributed by atoms with Crippen LogP contribution in [0, 0.1) is 5.92 Å². The number of hydrogen-bond donors (Lipinski definition) is 1. The van der Waals surface area contributed by atoms with E-state index in [2.05, 4.69) is 62.9 Å². The summed E-state index contributed by atoms with van der Waals surface area (Å²) in [5.41, 5.74) is 6.40. The van der Waals surface area contributed by atoms with Gasteiger partial charge in [0.2, 0.25) is 0 Å². The lowest BCUT2D eigenvalue weighted by Gasteiger charge is -2.50. The Kier molecular flexibility index (Phi) is 4.34. The van der Waals surface area contributed by atoms with Crippen LogP contribution in [0.4, 0.5) is 0 Å². The van der Waals surface area contributed by atoms with Gasteiger partial charge in [0, 0.05) is 42.8 Å². The lowest BCUT2D eigenvalue weighted by Crippen LogP contribution is -2.57. The van der Waals surface area contributed by atoms with E-state index in [0.717, 1.165) is 57.7 Å². The highest BCUT2D eigenvalue weighted by molar-refractivity contribution is 5.87.